The van der Waals surface area contributed by atoms with Crippen molar-refractivity contribution < 1.29 is 9.79 Å². The summed E-state index contributed by atoms with van der Waals surface area (Å²) in [4.78, 5) is 12.3. The highest BCUT2D eigenvalue weighted by Crippen LogP contribution is 1.60. The van der Waals surface area contributed by atoms with Crippen LogP contribution in [-0.2, 0) is 4.79 Å². The first-order valence-corrected chi connectivity index (χ1v) is 1.61. The van der Waals surface area contributed by atoms with Crippen LogP contribution in [0.4, 0.5) is 0 Å². The molecule has 0 unspecified atom stereocenters. The van der Waals surface area contributed by atoms with Gasteiger partial charge in [-0.3, -0.25) is 4.99 Å². The highest BCUT2D eigenvalue weighted by atomic mass is 16.1. The van der Waals surface area contributed by atoms with Crippen molar-refractivity contribution in [2.24, 2.45) is 0 Å². The van der Waals surface area contributed by atoms with E-state index in [0.717, 1.165) is 0 Å². The minimum absolute atomic E-state index is 0.157. The van der Waals surface area contributed by atoms with Crippen molar-refractivity contribution in [2.75, 3.05) is 0 Å². The maximum atomic E-state index is 9.96. The van der Waals surface area contributed by atoms with Crippen LogP contribution >= 0.6 is 0 Å². The third kappa shape index (κ3) is 0.360. The Labute approximate surface area is 35.2 Å². The average molecular weight is 81.1 g/mol. The van der Waals surface area contributed by atoms with Gasteiger partial charge in [0.2, 0.25) is 0 Å². The molecule has 0 aromatic carbocycles. The van der Waals surface area contributed by atoms with Crippen LogP contribution in [0.5, 0.6) is 0 Å². The van der Waals surface area contributed by atoms with E-state index in [1.54, 1.807) is 12.3 Å². The predicted molar refractivity (Wildman–Crippen MR) is 19.8 cm³/mol. The molecule has 2 heteroatoms. The van der Waals surface area contributed by atoms with Crippen molar-refractivity contribution in [3.8, 4) is 0 Å². The molecule has 0 aromatic rings. The molecule has 0 aliphatic carbocycles. The highest BCUT2D eigenvalue weighted by molar-refractivity contribution is 5.87. The summed E-state index contributed by atoms with van der Waals surface area (Å²) in [6, 6.07) is 0. The molecule has 0 radical (unpaired) electrons. The van der Waals surface area contributed by atoms with Gasteiger partial charge in [0, 0.05) is 6.21 Å². The van der Waals surface area contributed by atoms with Gasteiger partial charge in [-0.25, -0.2) is 4.79 Å². The molecule has 0 saturated heterocycles. The monoisotopic (exact) mass is 81.0 g/mol. The van der Waals surface area contributed by atoms with Crippen LogP contribution in [0, 0.1) is 6.08 Å². The number of rotatable bonds is 0. The van der Waals surface area contributed by atoms with Crippen molar-refractivity contribution in [1.29, 1.82) is 0 Å². The van der Waals surface area contributed by atoms with Gasteiger partial charge in [0.15, 0.2) is 0 Å². The maximum absolute atomic E-state index is 9.96. The number of carbonyl (C=O) groups is 1. The van der Waals surface area contributed by atoms with Gasteiger partial charge in [-0.15, -0.1) is 6.08 Å². The van der Waals surface area contributed by atoms with E-state index < -0.39 is 0 Å². The van der Waals surface area contributed by atoms with Crippen LogP contribution in [0.25, 0.3) is 0 Å². The van der Waals surface area contributed by atoms with Gasteiger partial charge in [0.1, 0.15) is 0 Å². The second-order valence-corrected chi connectivity index (χ2v) is 0.951. The molecule has 1 aliphatic heterocycles. The topological polar surface area (TPSA) is 31.0 Å². The molecule has 1 N–H and O–H groups in total. The van der Waals surface area contributed by atoms with Gasteiger partial charge in [-0.1, -0.05) is 0 Å². The summed E-state index contributed by atoms with van der Waals surface area (Å²) in [7, 11) is 0. The van der Waals surface area contributed by atoms with Crippen LogP contribution in [0.1, 0.15) is 0 Å². The summed E-state index contributed by atoms with van der Waals surface area (Å²) in [5.41, 5.74) is 0. The van der Waals surface area contributed by atoms with Crippen LogP contribution in [0.3, 0.4) is 0 Å². The Morgan fingerprint density at radius 1 is 1.83 bits per heavy atom. The van der Waals surface area contributed by atoms with Crippen molar-refractivity contribution >= 4 is 12.1 Å². The number of hydrogen-bond acceptors (Lipinski definition) is 1. The second-order valence-electron chi connectivity index (χ2n) is 0.951. The summed E-state index contributed by atoms with van der Waals surface area (Å²) < 4.78 is 0. The van der Waals surface area contributed by atoms with Gasteiger partial charge in [-0.2, -0.15) is 6.08 Å². The molecule has 1 rings (SSSR count). The lowest BCUT2D eigenvalue weighted by Gasteiger charge is -1.65. The quantitative estimate of drug-likeness (QED) is 0.337. The van der Waals surface area contributed by atoms with Gasteiger partial charge < -0.3 is 0 Å². The summed E-state index contributed by atoms with van der Waals surface area (Å²) in [6.45, 7) is 0. The van der Waals surface area contributed by atoms with Crippen LogP contribution in [-0.4, -0.2) is 12.1 Å². The Bertz CT molecular complexity index is 110. The zero-order chi connectivity index (χ0) is 4.41. The van der Waals surface area contributed by atoms with Gasteiger partial charge >= 0.3 is 5.91 Å². The number of carbonyl (C=O) groups excluding carboxylic acids is 1. The lowest BCUT2D eigenvalue weighted by atomic mass is 10.6. The largest absolute Gasteiger partial charge is 0.304 e. The third-order valence-corrected chi connectivity index (χ3v) is 0.512. The van der Waals surface area contributed by atoms with Gasteiger partial charge in [-0.05, 0) is 0 Å². The fourth-order valence-electron chi connectivity index (χ4n) is 0.276. The van der Waals surface area contributed by atoms with Crippen molar-refractivity contribution in [2.45, 2.75) is 0 Å². The third-order valence-electron chi connectivity index (χ3n) is 0.512. The predicted octanol–water partition coefficient (Wildman–Crippen LogP) is -1.96. The molecule has 0 atom stereocenters. The fraction of sp³-hybridized carbons (Fsp3) is 0. The number of allylic oxidation sites excluding steroid dienone is 1. The summed E-state index contributed by atoms with van der Waals surface area (Å²) >= 11 is 0. The van der Waals surface area contributed by atoms with Crippen LogP contribution in [0.2, 0.25) is 0 Å². The summed E-state index contributed by atoms with van der Waals surface area (Å²) in [6.07, 6.45) is 5.48. The molecule has 0 bridgehead atoms. The molecule has 0 fully saturated rings. The normalized spacial score (nSPS) is 17.0. The van der Waals surface area contributed by atoms with Crippen LogP contribution < -0.4 is 4.99 Å². The van der Waals surface area contributed by atoms with E-state index in [0.29, 0.717) is 0 Å². The van der Waals surface area contributed by atoms with Crippen LogP contribution in [0.15, 0.2) is 6.08 Å². The zero-order valence-corrected chi connectivity index (χ0v) is 3.06. The second kappa shape index (κ2) is 1.05. The van der Waals surface area contributed by atoms with E-state index in [1.165, 1.54) is 0 Å². The standard InChI is InChI=1S/C4H2NO/c6-4-2-1-3-5-4/h1,3H/q-1/p+1. The first-order valence-electron chi connectivity index (χ1n) is 1.61. The molecule has 2 nitrogen and oxygen atoms in total. The molecule has 1 aliphatic rings. The maximum Gasteiger partial charge on any atom is 0.304 e. The first-order chi connectivity index (χ1) is 2.89. The number of amides is 1. The lowest BCUT2D eigenvalue weighted by Crippen LogP contribution is -2.70. The number of nitrogens with one attached hydrogen (secondary N) is 1. The SMILES string of the molecule is O=C1[C-]=CC=[NH+]1. The van der Waals surface area contributed by atoms with E-state index in [2.05, 4.69) is 11.1 Å². The molecular weight excluding hydrogens is 78.0 g/mol. The Kier molecular flexibility index (Phi) is 0.572. The minimum Gasteiger partial charge on any atom is -0.273 e. The highest BCUT2D eigenvalue weighted by Gasteiger charge is 1.86. The molecule has 30 valence electrons. The molecular formula is C4H3NO. The molecule has 0 aromatic heterocycles. The summed E-state index contributed by atoms with van der Waals surface area (Å²) in [5.74, 6) is -0.157. The molecule has 1 heterocycles. The molecule has 0 saturated carbocycles. The first kappa shape index (κ1) is 3.28. The van der Waals surface area contributed by atoms with Gasteiger partial charge in [0.05, 0.1) is 0 Å². The van der Waals surface area contributed by atoms with E-state index in [4.69, 9.17) is 0 Å². The molecule has 1 amide bonds. The summed E-state index contributed by atoms with van der Waals surface area (Å²) in [5, 5.41) is 0. The Morgan fingerprint density at radius 2 is 2.67 bits per heavy atom. The Balaban J connectivity index is 2.86. The fourth-order valence-corrected chi connectivity index (χ4v) is 0.276. The van der Waals surface area contributed by atoms with E-state index in [1.807, 2.05) is 0 Å². The van der Waals surface area contributed by atoms with E-state index >= 15 is 0 Å². The van der Waals surface area contributed by atoms with Gasteiger partial charge in [0.25, 0.3) is 0 Å². The lowest BCUT2D eigenvalue weighted by molar-refractivity contribution is -0.363. The molecule has 0 spiro atoms. The van der Waals surface area contributed by atoms with E-state index in [9.17, 15) is 4.79 Å². The Morgan fingerprint density at radius 3 is 2.83 bits per heavy atom. The number of hydrogen-bond donors (Lipinski definition) is 1. The van der Waals surface area contributed by atoms with Crippen molar-refractivity contribution in [1.82, 2.24) is 0 Å². The Hall–Kier alpha value is -0.920. The molecule has 6 heavy (non-hydrogen) atoms. The zero-order valence-electron chi connectivity index (χ0n) is 3.06. The van der Waals surface area contributed by atoms with E-state index in [-0.39, 0.29) is 5.91 Å². The minimum atomic E-state index is -0.157. The van der Waals surface area contributed by atoms with Crippen molar-refractivity contribution in [3.63, 3.8) is 0 Å². The average Bonchev–Trinajstić information content (AvgIpc) is 1.86. The smallest absolute Gasteiger partial charge is 0.273 e. The van der Waals surface area contributed by atoms with Crippen molar-refractivity contribution in [3.05, 3.63) is 12.2 Å².